The fourth-order valence-corrected chi connectivity index (χ4v) is 7.15. The van der Waals surface area contributed by atoms with Gasteiger partial charge in [-0.25, -0.2) is 9.97 Å². The maximum absolute atomic E-state index is 6.52. The van der Waals surface area contributed by atoms with Crippen molar-refractivity contribution in [3.8, 4) is 51.2 Å². The van der Waals surface area contributed by atoms with Crippen LogP contribution in [0.3, 0.4) is 0 Å². The third-order valence-corrected chi connectivity index (χ3v) is 9.43. The van der Waals surface area contributed by atoms with Crippen molar-refractivity contribution in [2.24, 2.45) is 0 Å². The van der Waals surface area contributed by atoms with Gasteiger partial charge in [-0.1, -0.05) is 93.1 Å². The molecule has 1 N–H and O–H groups in total. The SMILES string of the molecule is Cc1cc(C)c(-c2n[nH]c(-c3cccc(Oc4ccc5c6ccccc6n(-c6cc(C(C)(C)C)ccn6)c5c4)n3)c2-c2ccccc2)c(C)c1. The molecule has 4 heterocycles. The zero-order chi connectivity index (χ0) is 34.6. The number of hydrogen-bond acceptors (Lipinski definition) is 4. The lowest BCUT2D eigenvalue weighted by molar-refractivity contribution is 0.464. The highest BCUT2D eigenvalue weighted by molar-refractivity contribution is 6.09. The molecule has 0 atom stereocenters. The number of benzene rings is 4. The highest BCUT2D eigenvalue weighted by Crippen LogP contribution is 2.41. The second-order valence-electron chi connectivity index (χ2n) is 14.1. The Bertz CT molecular complexity index is 2510. The number of H-pyrrole nitrogens is 1. The first kappa shape index (κ1) is 31.3. The molecule has 8 aromatic rings. The van der Waals surface area contributed by atoms with E-state index in [9.17, 15) is 0 Å². The number of aromatic nitrogens is 5. The predicted molar refractivity (Wildman–Crippen MR) is 204 cm³/mol. The highest BCUT2D eigenvalue weighted by Gasteiger charge is 2.23. The molecular weight excluding hydrogens is 615 g/mol. The van der Waals surface area contributed by atoms with Gasteiger partial charge < -0.3 is 4.74 Å². The number of aromatic amines is 1. The first-order chi connectivity index (χ1) is 24.2. The van der Waals surface area contributed by atoms with Crippen LogP contribution in [0.5, 0.6) is 11.6 Å². The maximum Gasteiger partial charge on any atom is 0.219 e. The van der Waals surface area contributed by atoms with Crippen LogP contribution in [0, 0.1) is 20.8 Å². The molecule has 0 amide bonds. The molecule has 0 radical (unpaired) electrons. The Kier molecular flexibility index (Phi) is 7.60. The van der Waals surface area contributed by atoms with Gasteiger partial charge in [-0.3, -0.25) is 9.67 Å². The number of fused-ring (bicyclic) bond motifs is 3. The molecule has 0 spiro atoms. The smallest absolute Gasteiger partial charge is 0.219 e. The number of nitrogens with zero attached hydrogens (tertiary/aromatic N) is 4. The third kappa shape index (κ3) is 5.53. The topological polar surface area (TPSA) is 68.6 Å². The van der Waals surface area contributed by atoms with Gasteiger partial charge in [0.25, 0.3) is 0 Å². The van der Waals surface area contributed by atoms with Gasteiger partial charge >= 0.3 is 0 Å². The summed E-state index contributed by atoms with van der Waals surface area (Å²) in [4.78, 5) is 9.85. The van der Waals surface area contributed by atoms with Crippen LogP contribution in [0.2, 0.25) is 0 Å². The minimum atomic E-state index is -0.00496. The second-order valence-corrected chi connectivity index (χ2v) is 14.1. The standard InChI is InChI=1S/C44H39N5O/c1-27-23-28(2)40(29(3)24-27)43-41(30-13-8-7-9-14-30)42(47-48-43)35-16-12-18-39(46-35)50-32-19-20-34-33-15-10-11-17-36(33)49(37(34)26-32)38-25-31(21-22-45-38)44(4,5)6/h7-26H,1-6H3,(H,47,48). The number of hydrogen-bond donors (Lipinski definition) is 1. The van der Waals surface area contributed by atoms with Crippen molar-refractivity contribution in [2.45, 2.75) is 47.0 Å². The predicted octanol–water partition coefficient (Wildman–Crippen LogP) is 11.3. The van der Waals surface area contributed by atoms with Crippen LogP contribution in [0.4, 0.5) is 0 Å². The first-order valence-corrected chi connectivity index (χ1v) is 17.0. The molecule has 246 valence electrons. The maximum atomic E-state index is 6.52. The van der Waals surface area contributed by atoms with Crippen molar-refractivity contribution in [3.05, 3.63) is 144 Å². The number of para-hydroxylation sites is 1. The summed E-state index contributed by atoms with van der Waals surface area (Å²) in [5.41, 5.74) is 12.7. The van der Waals surface area contributed by atoms with Crippen LogP contribution in [-0.4, -0.2) is 24.7 Å². The molecule has 8 rings (SSSR count). The van der Waals surface area contributed by atoms with Crippen LogP contribution >= 0.6 is 0 Å². The van der Waals surface area contributed by atoms with E-state index in [1.807, 2.05) is 36.5 Å². The molecule has 50 heavy (non-hydrogen) atoms. The number of ether oxygens (including phenoxy) is 1. The summed E-state index contributed by atoms with van der Waals surface area (Å²) in [6, 6.07) is 39.7. The van der Waals surface area contributed by atoms with Gasteiger partial charge in [-0.2, -0.15) is 5.10 Å². The van der Waals surface area contributed by atoms with E-state index in [1.165, 1.54) is 27.6 Å². The molecule has 0 unspecified atom stereocenters. The Balaban J connectivity index is 1.22. The number of pyridine rings is 2. The van der Waals surface area contributed by atoms with Crippen molar-refractivity contribution in [1.82, 2.24) is 24.7 Å². The summed E-state index contributed by atoms with van der Waals surface area (Å²) in [6.45, 7) is 13.1. The van der Waals surface area contributed by atoms with E-state index >= 15 is 0 Å². The Morgan fingerprint density at radius 1 is 0.680 bits per heavy atom. The average molecular weight is 654 g/mol. The summed E-state index contributed by atoms with van der Waals surface area (Å²) in [5, 5.41) is 10.6. The average Bonchev–Trinajstić information content (AvgIpc) is 3.67. The number of nitrogens with one attached hydrogen (secondary N) is 1. The zero-order valence-corrected chi connectivity index (χ0v) is 29.2. The Labute approximate surface area is 292 Å². The molecule has 0 bridgehead atoms. The monoisotopic (exact) mass is 653 g/mol. The Hall–Kier alpha value is -6.01. The lowest BCUT2D eigenvalue weighted by atomic mass is 9.88. The van der Waals surface area contributed by atoms with E-state index in [-0.39, 0.29) is 5.41 Å². The van der Waals surface area contributed by atoms with Crippen LogP contribution in [-0.2, 0) is 5.41 Å². The largest absolute Gasteiger partial charge is 0.439 e. The van der Waals surface area contributed by atoms with Gasteiger partial charge in [0, 0.05) is 40.2 Å². The first-order valence-electron chi connectivity index (χ1n) is 17.0. The van der Waals surface area contributed by atoms with E-state index in [0.29, 0.717) is 11.6 Å². The summed E-state index contributed by atoms with van der Waals surface area (Å²) in [6.07, 6.45) is 1.90. The van der Waals surface area contributed by atoms with E-state index in [1.54, 1.807) is 0 Å². The van der Waals surface area contributed by atoms with E-state index in [4.69, 9.17) is 19.8 Å². The molecular formula is C44H39N5O. The van der Waals surface area contributed by atoms with E-state index in [2.05, 4.69) is 136 Å². The minimum absolute atomic E-state index is 0.00496. The van der Waals surface area contributed by atoms with Crippen LogP contribution < -0.4 is 4.74 Å². The van der Waals surface area contributed by atoms with Gasteiger partial charge in [-0.15, -0.1) is 0 Å². The minimum Gasteiger partial charge on any atom is -0.439 e. The summed E-state index contributed by atoms with van der Waals surface area (Å²) in [7, 11) is 0. The molecule has 0 fully saturated rings. The van der Waals surface area contributed by atoms with Gasteiger partial charge in [-0.05, 0) is 84.8 Å². The van der Waals surface area contributed by atoms with Crippen molar-refractivity contribution in [1.29, 1.82) is 0 Å². The second kappa shape index (κ2) is 12.1. The molecule has 6 nitrogen and oxygen atoms in total. The van der Waals surface area contributed by atoms with Crippen molar-refractivity contribution in [2.75, 3.05) is 0 Å². The molecule has 0 aliphatic carbocycles. The number of rotatable bonds is 6. The van der Waals surface area contributed by atoms with Crippen molar-refractivity contribution < 1.29 is 4.74 Å². The van der Waals surface area contributed by atoms with Gasteiger partial charge in [0.05, 0.1) is 22.4 Å². The van der Waals surface area contributed by atoms with Gasteiger partial charge in [0.2, 0.25) is 5.88 Å². The molecule has 0 aliphatic rings. The zero-order valence-electron chi connectivity index (χ0n) is 29.2. The van der Waals surface area contributed by atoms with Gasteiger partial charge in [0.15, 0.2) is 0 Å². The molecule has 0 aliphatic heterocycles. The summed E-state index contributed by atoms with van der Waals surface area (Å²) >= 11 is 0. The van der Waals surface area contributed by atoms with Crippen LogP contribution in [0.1, 0.15) is 43.0 Å². The normalized spacial score (nSPS) is 11.8. The quantitative estimate of drug-likeness (QED) is 0.194. The van der Waals surface area contributed by atoms with E-state index in [0.717, 1.165) is 56.0 Å². The molecule has 0 saturated carbocycles. The molecule has 6 heteroatoms. The van der Waals surface area contributed by atoms with Crippen molar-refractivity contribution >= 4 is 21.8 Å². The number of aryl methyl sites for hydroxylation is 3. The van der Waals surface area contributed by atoms with Gasteiger partial charge in [0.1, 0.15) is 17.3 Å². The highest BCUT2D eigenvalue weighted by atomic mass is 16.5. The fraction of sp³-hybridized carbons (Fsp3) is 0.159. The molecule has 4 aromatic carbocycles. The third-order valence-electron chi connectivity index (χ3n) is 9.43. The lowest BCUT2D eigenvalue weighted by Gasteiger charge is -2.20. The van der Waals surface area contributed by atoms with E-state index < -0.39 is 0 Å². The summed E-state index contributed by atoms with van der Waals surface area (Å²) in [5.74, 6) is 2.07. The fourth-order valence-electron chi connectivity index (χ4n) is 7.15. The Morgan fingerprint density at radius 2 is 1.42 bits per heavy atom. The lowest BCUT2D eigenvalue weighted by Crippen LogP contribution is -2.12. The van der Waals surface area contributed by atoms with Crippen LogP contribution in [0.25, 0.3) is 61.4 Å². The van der Waals surface area contributed by atoms with Crippen molar-refractivity contribution in [3.63, 3.8) is 0 Å². The van der Waals surface area contributed by atoms with Crippen LogP contribution in [0.15, 0.2) is 121 Å². The molecule has 4 aromatic heterocycles. The Morgan fingerprint density at radius 3 is 2.20 bits per heavy atom. The summed E-state index contributed by atoms with van der Waals surface area (Å²) < 4.78 is 8.75. The molecule has 0 saturated heterocycles.